The number of aryl methyl sites for hydroxylation is 2. The molecular formula is C13H23N5O4. The SMILES string of the molecule is CCc1nn(C)c(NCC(O)CN2CCOCC2)c1[N+](=O)[O-]. The number of aliphatic hydroxyl groups excluding tert-OH is 1. The molecule has 9 heteroatoms. The van der Waals surface area contributed by atoms with E-state index in [4.69, 9.17) is 4.74 Å². The number of rotatable bonds is 7. The van der Waals surface area contributed by atoms with E-state index in [-0.39, 0.29) is 12.2 Å². The maximum atomic E-state index is 11.2. The van der Waals surface area contributed by atoms with Gasteiger partial charge in [-0.2, -0.15) is 5.10 Å². The number of nitrogens with one attached hydrogen (secondary N) is 1. The minimum Gasteiger partial charge on any atom is -0.390 e. The Balaban J connectivity index is 1.95. The highest BCUT2D eigenvalue weighted by Crippen LogP contribution is 2.28. The van der Waals surface area contributed by atoms with Gasteiger partial charge in [-0.3, -0.25) is 15.0 Å². The van der Waals surface area contributed by atoms with Gasteiger partial charge in [0.25, 0.3) is 0 Å². The van der Waals surface area contributed by atoms with Crippen LogP contribution in [0.4, 0.5) is 11.5 Å². The van der Waals surface area contributed by atoms with Crippen molar-refractivity contribution >= 4 is 11.5 Å². The molecule has 2 rings (SSSR count). The lowest BCUT2D eigenvalue weighted by molar-refractivity contribution is -0.384. The molecule has 2 heterocycles. The highest BCUT2D eigenvalue weighted by atomic mass is 16.6. The first-order chi connectivity index (χ1) is 10.5. The van der Waals surface area contributed by atoms with Gasteiger partial charge in [0, 0.05) is 33.2 Å². The summed E-state index contributed by atoms with van der Waals surface area (Å²) in [6.45, 7) is 5.52. The second kappa shape index (κ2) is 7.52. The summed E-state index contributed by atoms with van der Waals surface area (Å²) in [5.74, 6) is 0.336. The average molecular weight is 313 g/mol. The summed E-state index contributed by atoms with van der Waals surface area (Å²) in [7, 11) is 1.66. The van der Waals surface area contributed by atoms with E-state index < -0.39 is 11.0 Å². The molecule has 0 aliphatic carbocycles. The first kappa shape index (κ1) is 16.7. The van der Waals surface area contributed by atoms with Crippen molar-refractivity contribution in [2.24, 2.45) is 7.05 Å². The average Bonchev–Trinajstić information content (AvgIpc) is 2.82. The number of hydrogen-bond donors (Lipinski definition) is 2. The largest absolute Gasteiger partial charge is 0.390 e. The molecule has 0 radical (unpaired) electrons. The van der Waals surface area contributed by atoms with Gasteiger partial charge in [-0.1, -0.05) is 6.92 Å². The Morgan fingerprint density at radius 3 is 2.77 bits per heavy atom. The fourth-order valence-corrected chi connectivity index (χ4v) is 2.56. The van der Waals surface area contributed by atoms with E-state index in [0.717, 1.165) is 13.1 Å². The smallest absolute Gasteiger partial charge is 0.333 e. The molecule has 1 saturated heterocycles. The predicted octanol–water partition coefficient (Wildman–Crippen LogP) is -0.00430. The third-order valence-electron chi connectivity index (χ3n) is 3.69. The summed E-state index contributed by atoms with van der Waals surface area (Å²) in [6.07, 6.45) is -0.125. The summed E-state index contributed by atoms with van der Waals surface area (Å²) in [4.78, 5) is 12.9. The topological polar surface area (TPSA) is 106 Å². The Hall–Kier alpha value is -1.71. The second-order valence-corrected chi connectivity index (χ2v) is 5.33. The van der Waals surface area contributed by atoms with Crippen molar-refractivity contribution in [3.63, 3.8) is 0 Å². The molecule has 1 aromatic rings. The molecule has 1 aromatic heterocycles. The molecule has 0 bridgehead atoms. The number of hydrogen-bond acceptors (Lipinski definition) is 7. The quantitative estimate of drug-likeness (QED) is 0.539. The van der Waals surface area contributed by atoms with Crippen LogP contribution in [0.15, 0.2) is 0 Å². The molecule has 0 saturated carbocycles. The van der Waals surface area contributed by atoms with Crippen LogP contribution in [0.25, 0.3) is 0 Å². The standard InChI is InChI=1S/C13H23N5O4/c1-3-11-12(18(20)21)13(16(2)15-11)14-8-10(19)9-17-4-6-22-7-5-17/h10,14,19H,3-9H2,1-2H3. The molecule has 0 spiro atoms. The van der Waals surface area contributed by atoms with Gasteiger partial charge in [0.15, 0.2) is 0 Å². The number of aliphatic hydroxyl groups is 1. The van der Waals surface area contributed by atoms with Crippen LogP contribution in [0.5, 0.6) is 0 Å². The van der Waals surface area contributed by atoms with Crippen molar-refractivity contribution in [1.29, 1.82) is 0 Å². The zero-order chi connectivity index (χ0) is 16.1. The molecule has 0 amide bonds. The molecule has 1 unspecified atom stereocenters. The van der Waals surface area contributed by atoms with Crippen LogP contribution < -0.4 is 5.32 Å². The normalized spacial score (nSPS) is 17.4. The van der Waals surface area contributed by atoms with E-state index in [1.54, 1.807) is 7.05 Å². The van der Waals surface area contributed by atoms with Crippen molar-refractivity contribution in [3.05, 3.63) is 15.8 Å². The molecule has 22 heavy (non-hydrogen) atoms. The summed E-state index contributed by atoms with van der Waals surface area (Å²) in [5.41, 5.74) is 0.432. The van der Waals surface area contributed by atoms with E-state index in [9.17, 15) is 15.2 Å². The predicted molar refractivity (Wildman–Crippen MR) is 81.0 cm³/mol. The fourth-order valence-electron chi connectivity index (χ4n) is 2.56. The van der Waals surface area contributed by atoms with E-state index in [1.807, 2.05) is 6.92 Å². The maximum Gasteiger partial charge on any atom is 0.333 e. The summed E-state index contributed by atoms with van der Waals surface area (Å²) in [5, 5.41) is 28.4. The third-order valence-corrected chi connectivity index (χ3v) is 3.69. The lowest BCUT2D eigenvalue weighted by Gasteiger charge is -2.28. The van der Waals surface area contributed by atoms with Gasteiger partial charge in [0.2, 0.25) is 5.82 Å². The van der Waals surface area contributed by atoms with Gasteiger partial charge in [-0.25, -0.2) is 4.68 Å². The lowest BCUT2D eigenvalue weighted by Crippen LogP contribution is -2.42. The van der Waals surface area contributed by atoms with Gasteiger partial charge in [-0.15, -0.1) is 0 Å². The molecule has 2 N–H and O–H groups in total. The van der Waals surface area contributed by atoms with E-state index in [0.29, 0.717) is 37.7 Å². The van der Waals surface area contributed by atoms with Gasteiger partial charge in [0.1, 0.15) is 5.69 Å². The molecule has 1 fully saturated rings. The number of nitro groups is 1. The number of nitrogens with zero attached hydrogens (tertiary/aromatic N) is 4. The Bertz CT molecular complexity index is 513. The van der Waals surface area contributed by atoms with Crippen molar-refractivity contribution in [3.8, 4) is 0 Å². The lowest BCUT2D eigenvalue weighted by atomic mass is 10.2. The maximum absolute atomic E-state index is 11.2. The van der Waals surface area contributed by atoms with Crippen molar-refractivity contribution in [2.75, 3.05) is 44.7 Å². The first-order valence-corrected chi connectivity index (χ1v) is 7.45. The molecule has 0 aromatic carbocycles. The minimum atomic E-state index is -0.613. The molecule has 9 nitrogen and oxygen atoms in total. The molecule has 1 atom stereocenters. The number of ether oxygens (including phenoxy) is 1. The van der Waals surface area contributed by atoms with E-state index >= 15 is 0 Å². The fraction of sp³-hybridized carbons (Fsp3) is 0.769. The summed E-state index contributed by atoms with van der Waals surface area (Å²) >= 11 is 0. The minimum absolute atomic E-state index is 0.0106. The molecule has 124 valence electrons. The Kier molecular flexibility index (Phi) is 5.69. The highest BCUT2D eigenvalue weighted by Gasteiger charge is 2.26. The van der Waals surface area contributed by atoms with Gasteiger partial charge < -0.3 is 15.2 Å². The summed E-state index contributed by atoms with van der Waals surface area (Å²) < 4.78 is 6.71. The number of β-amino-alcohol motifs (C(OH)–C–C–N with tert-alkyl or cyclic N) is 1. The number of anilines is 1. The van der Waals surface area contributed by atoms with Crippen LogP contribution in [-0.4, -0.2) is 70.2 Å². The van der Waals surface area contributed by atoms with Crippen LogP contribution in [0.2, 0.25) is 0 Å². The first-order valence-electron chi connectivity index (χ1n) is 7.45. The van der Waals surface area contributed by atoms with Crippen molar-refractivity contribution in [1.82, 2.24) is 14.7 Å². The Labute approximate surface area is 129 Å². The van der Waals surface area contributed by atoms with Crippen LogP contribution in [0.1, 0.15) is 12.6 Å². The van der Waals surface area contributed by atoms with Crippen LogP contribution in [0.3, 0.4) is 0 Å². The molecular weight excluding hydrogens is 290 g/mol. The molecule has 1 aliphatic heterocycles. The monoisotopic (exact) mass is 313 g/mol. The number of aromatic nitrogens is 2. The van der Waals surface area contributed by atoms with Crippen molar-refractivity contribution < 1.29 is 14.8 Å². The zero-order valence-electron chi connectivity index (χ0n) is 13.0. The van der Waals surface area contributed by atoms with Gasteiger partial charge in [-0.05, 0) is 6.42 Å². The summed E-state index contributed by atoms with van der Waals surface area (Å²) in [6, 6.07) is 0. The van der Waals surface area contributed by atoms with Crippen LogP contribution in [0, 0.1) is 10.1 Å². The third kappa shape index (κ3) is 3.93. The van der Waals surface area contributed by atoms with Gasteiger partial charge in [0.05, 0.1) is 24.2 Å². The van der Waals surface area contributed by atoms with Crippen LogP contribution in [-0.2, 0) is 18.2 Å². The van der Waals surface area contributed by atoms with Crippen molar-refractivity contribution in [2.45, 2.75) is 19.4 Å². The number of morpholine rings is 1. The van der Waals surface area contributed by atoms with E-state index in [1.165, 1.54) is 4.68 Å². The Morgan fingerprint density at radius 2 is 2.18 bits per heavy atom. The zero-order valence-corrected chi connectivity index (χ0v) is 13.0. The van der Waals surface area contributed by atoms with E-state index in [2.05, 4.69) is 15.3 Å². The van der Waals surface area contributed by atoms with Crippen LogP contribution >= 0.6 is 0 Å². The Morgan fingerprint density at radius 1 is 1.50 bits per heavy atom. The molecule has 1 aliphatic rings. The second-order valence-electron chi connectivity index (χ2n) is 5.33. The highest BCUT2D eigenvalue weighted by molar-refractivity contribution is 5.59. The van der Waals surface area contributed by atoms with Gasteiger partial charge >= 0.3 is 5.69 Å².